The van der Waals surface area contributed by atoms with Crippen molar-refractivity contribution < 1.29 is 4.79 Å². The standard InChI is InChI=1S/C14H26N4O/c1-5-13(10-15)18-8-6-17(7-9-18)12(4)14(19)16-11(2)3/h11-13H,5-9H2,1-4H3,(H,16,19). The van der Waals surface area contributed by atoms with Crippen LogP contribution in [-0.2, 0) is 4.79 Å². The molecule has 5 heteroatoms. The van der Waals surface area contributed by atoms with Gasteiger partial charge in [0.2, 0.25) is 5.91 Å². The Balaban J connectivity index is 2.45. The summed E-state index contributed by atoms with van der Waals surface area (Å²) in [6, 6.07) is 2.45. The predicted octanol–water partition coefficient (Wildman–Crippen LogP) is 0.819. The summed E-state index contributed by atoms with van der Waals surface area (Å²) in [5.74, 6) is 0.0933. The first-order valence-electron chi connectivity index (χ1n) is 7.17. The van der Waals surface area contributed by atoms with Crippen LogP contribution >= 0.6 is 0 Å². The smallest absolute Gasteiger partial charge is 0.237 e. The van der Waals surface area contributed by atoms with Crippen molar-refractivity contribution in [3.8, 4) is 6.07 Å². The lowest BCUT2D eigenvalue weighted by Gasteiger charge is -2.39. The minimum absolute atomic E-state index is 0.0157. The van der Waals surface area contributed by atoms with E-state index >= 15 is 0 Å². The molecule has 0 aromatic rings. The first-order chi connectivity index (χ1) is 8.99. The molecule has 0 radical (unpaired) electrons. The molecule has 0 saturated carbocycles. The van der Waals surface area contributed by atoms with E-state index in [0.29, 0.717) is 0 Å². The highest BCUT2D eigenvalue weighted by molar-refractivity contribution is 5.81. The summed E-state index contributed by atoms with van der Waals surface area (Å²) in [6.45, 7) is 11.4. The van der Waals surface area contributed by atoms with E-state index in [9.17, 15) is 4.79 Å². The second-order valence-corrected chi connectivity index (χ2v) is 5.46. The van der Waals surface area contributed by atoms with Crippen LogP contribution in [0.3, 0.4) is 0 Å². The molecule has 0 spiro atoms. The first-order valence-corrected chi connectivity index (χ1v) is 7.17. The van der Waals surface area contributed by atoms with Gasteiger partial charge >= 0.3 is 0 Å². The van der Waals surface area contributed by atoms with Gasteiger partial charge in [0, 0.05) is 32.2 Å². The van der Waals surface area contributed by atoms with Crippen molar-refractivity contribution in [1.29, 1.82) is 5.26 Å². The van der Waals surface area contributed by atoms with Crippen molar-refractivity contribution in [2.24, 2.45) is 0 Å². The second-order valence-electron chi connectivity index (χ2n) is 5.46. The van der Waals surface area contributed by atoms with E-state index in [0.717, 1.165) is 32.6 Å². The van der Waals surface area contributed by atoms with Gasteiger partial charge in [-0.2, -0.15) is 5.26 Å². The summed E-state index contributed by atoms with van der Waals surface area (Å²) >= 11 is 0. The molecule has 0 bridgehead atoms. The largest absolute Gasteiger partial charge is 0.353 e. The molecule has 1 fully saturated rings. The molecule has 1 N–H and O–H groups in total. The number of nitriles is 1. The van der Waals surface area contributed by atoms with Gasteiger partial charge in [-0.25, -0.2) is 0 Å². The Kier molecular flexibility index (Phi) is 6.26. The van der Waals surface area contributed by atoms with E-state index in [1.807, 2.05) is 27.7 Å². The third-order valence-electron chi connectivity index (χ3n) is 3.68. The molecule has 1 heterocycles. The number of hydrogen-bond donors (Lipinski definition) is 1. The lowest BCUT2D eigenvalue weighted by Crippen LogP contribution is -2.56. The fourth-order valence-corrected chi connectivity index (χ4v) is 2.44. The average Bonchev–Trinajstić information content (AvgIpc) is 2.39. The quantitative estimate of drug-likeness (QED) is 0.800. The number of nitrogens with zero attached hydrogens (tertiary/aromatic N) is 3. The first kappa shape index (κ1) is 15.9. The zero-order valence-corrected chi connectivity index (χ0v) is 12.5. The molecule has 2 unspecified atom stereocenters. The van der Waals surface area contributed by atoms with Crippen molar-refractivity contribution in [3.05, 3.63) is 0 Å². The summed E-state index contributed by atoms with van der Waals surface area (Å²) in [7, 11) is 0. The van der Waals surface area contributed by atoms with Crippen LogP contribution in [0.25, 0.3) is 0 Å². The molecular weight excluding hydrogens is 240 g/mol. The van der Waals surface area contributed by atoms with Gasteiger partial charge in [-0.3, -0.25) is 14.6 Å². The normalized spacial score (nSPS) is 20.8. The average molecular weight is 266 g/mol. The van der Waals surface area contributed by atoms with Crippen LogP contribution in [0, 0.1) is 11.3 Å². The molecule has 0 aromatic carbocycles. The van der Waals surface area contributed by atoms with Gasteiger partial charge in [0.05, 0.1) is 18.2 Å². The highest BCUT2D eigenvalue weighted by atomic mass is 16.2. The lowest BCUT2D eigenvalue weighted by molar-refractivity contribution is -0.127. The van der Waals surface area contributed by atoms with E-state index in [4.69, 9.17) is 5.26 Å². The number of carbonyl (C=O) groups excluding carboxylic acids is 1. The summed E-state index contributed by atoms with van der Waals surface area (Å²) in [5.41, 5.74) is 0. The number of amides is 1. The Hall–Kier alpha value is -1.12. The fraction of sp³-hybridized carbons (Fsp3) is 0.857. The van der Waals surface area contributed by atoms with Crippen molar-refractivity contribution >= 4 is 5.91 Å². The zero-order chi connectivity index (χ0) is 14.4. The Bertz CT molecular complexity index is 329. The topological polar surface area (TPSA) is 59.4 Å². The molecule has 1 aliphatic rings. The Morgan fingerprint density at radius 2 is 1.74 bits per heavy atom. The van der Waals surface area contributed by atoms with Crippen molar-refractivity contribution in [3.63, 3.8) is 0 Å². The van der Waals surface area contributed by atoms with Gasteiger partial charge in [0.15, 0.2) is 0 Å². The Morgan fingerprint density at radius 3 is 2.16 bits per heavy atom. The Morgan fingerprint density at radius 1 is 1.21 bits per heavy atom. The van der Waals surface area contributed by atoms with Gasteiger partial charge in [-0.15, -0.1) is 0 Å². The molecule has 2 atom stereocenters. The Labute approximate surface area is 116 Å². The molecule has 1 rings (SSSR count). The van der Waals surface area contributed by atoms with Crippen LogP contribution in [0.4, 0.5) is 0 Å². The third kappa shape index (κ3) is 4.48. The number of carbonyl (C=O) groups is 1. The molecule has 1 saturated heterocycles. The molecule has 5 nitrogen and oxygen atoms in total. The van der Waals surface area contributed by atoms with Crippen LogP contribution in [0.1, 0.15) is 34.1 Å². The molecule has 108 valence electrons. The molecule has 19 heavy (non-hydrogen) atoms. The van der Waals surface area contributed by atoms with E-state index in [2.05, 4.69) is 21.2 Å². The highest BCUT2D eigenvalue weighted by Crippen LogP contribution is 2.11. The minimum atomic E-state index is -0.0910. The highest BCUT2D eigenvalue weighted by Gasteiger charge is 2.28. The van der Waals surface area contributed by atoms with Gasteiger partial charge in [-0.1, -0.05) is 6.92 Å². The van der Waals surface area contributed by atoms with E-state index < -0.39 is 0 Å². The fourth-order valence-electron chi connectivity index (χ4n) is 2.44. The summed E-state index contributed by atoms with van der Waals surface area (Å²) in [4.78, 5) is 16.4. The van der Waals surface area contributed by atoms with Crippen LogP contribution in [0.2, 0.25) is 0 Å². The summed E-state index contributed by atoms with van der Waals surface area (Å²) in [5, 5.41) is 12.0. The van der Waals surface area contributed by atoms with Crippen molar-refractivity contribution in [2.75, 3.05) is 26.2 Å². The third-order valence-corrected chi connectivity index (χ3v) is 3.68. The van der Waals surface area contributed by atoms with Crippen molar-refractivity contribution in [2.45, 2.75) is 52.2 Å². The summed E-state index contributed by atoms with van der Waals surface area (Å²) < 4.78 is 0. The molecule has 1 aliphatic heterocycles. The van der Waals surface area contributed by atoms with Crippen LogP contribution in [0.5, 0.6) is 0 Å². The van der Waals surface area contributed by atoms with Gasteiger partial charge in [-0.05, 0) is 27.2 Å². The summed E-state index contributed by atoms with van der Waals surface area (Å²) in [6.07, 6.45) is 0.861. The number of piperazine rings is 1. The maximum Gasteiger partial charge on any atom is 0.237 e. The minimum Gasteiger partial charge on any atom is -0.353 e. The number of rotatable bonds is 5. The van der Waals surface area contributed by atoms with E-state index in [-0.39, 0.29) is 24.0 Å². The lowest BCUT2D eigenvalue weighted by atomic mass is 10.1. The maximum absolute atomic E-state index is 12.0. The monoisotopic (exact) mass is 266 g/mol. The molecule has 0 aromatic heterocycles. The van der Waals surface area contributed by atoms with Crippen LogP contribution in [-0.4, -0.2) is 60.0 Å². The molecule has 0 aliphatic carbocycles. The van der Waals surface area contributed by atoms with Gasteiger partial charge in [0.25, 0.3) is 0 Å². The van der Waals surface area contributed by atoms with Gasteiger partial charge < -0.3 is 5.32 Å². The molecular formula is C14H26N4O. The molecule has 1 amide bonds. The van der Waals surface area contributed by atoms with E-state index in [1.165, 1.54) is 0 Å². The van der Waals surface area contributed by atoms with Crippen molar-refractivity contribution in [1.82, 2.24) is 15.1 Å². The van der Waals surface area contributed by atoms with Crippen LogP contribution < -0.4 is 5.32 Å². The predicted molar refractivity (Wildman–Crippen MR) is 75.6 cm³/mol. The van der Waals surface area contributed by atoms with Crippen LogP contribution in [0.15, 0.2) is 0 Å². The zero-order valence-electron chi connectivity index (χ0n) is 12.5. The van der Waals surface area contributed by atoms with Gasteiger partial charge in [0.1, 0.15) is 0 Å². The number of hydrogen-bond acceptors (Lipinski definition) is 4. The SMILES string of the molecule is CCC(C#N)N1CCN(C(C)C(=O)NC(C)C)CC1. The maximum atomic E-state index is 12.0. The van der Waals surface area contributed by atoms with E-state index in [1.54, 1.807) is 0 Å². The second kappa shape index (κ2) is 7.46. The number of nitrogens with one attached hydrogen (secondary N) is 1.